The molecule has 0 bridgehead atoms. The van der Waals surface area contributed by atoms with E-state index in [4.69, 9.17) is 16.3 Å². The second-order valence-corrected chi connectivity index (χ2v) is 6.93. The molecule has 1 aliphatic heterocycles. The van der Waals surface area contributed by atoms with Gasteiger partial charge in [-0.3, -0.25) is 0 Å². The van der Waals surface area contributed by atoms with E-state index in [1.807, 2.05) is 36.4 Å². The van der Waals surface area contributed by atoms with Crippen molar-refractivity contribution in [3.05, 3.63) is 53.6 Å². The molecule has 1 aliphatic rings. The lowest BCUT2D eigenvalue weighted by Crippen LogP contribution is -3.14. The zero-order chi connectivity index (χ0) is 17.8. The third-order valence-electron chi connectivity index (χ3n) is 4.78. The maximum Gasteiger partial charge on any atom is 0.156 e. The number of hydrogen-bond donors (Lipinski definition) is 2. The number of morpholine rings is 1. The molecule has 0 spiro atoms. The second-order valence-electron chi connectivity index (χ2n) is 6.49. The third kappa shape index (κ3) is 3.80. The van der Waals surface area contributed by atoms with E-state index in [0.717, 1.165) is 72.3 Å². The molecule has 0 aliphatic carbocycles. The lowest BCUT2D eigenvalue weighted by atomic mass is 10.0. The van der Waals surface area contributed by atoms with Crippen LogP contribution in [0.3, 0.4) is 0 Å². The zero-order valence-electron chi connectivity index (χ0n) is 14.5. The smallest absolute Gasteiger partial charge is 0.156 e. The lowest BCUT2D eigenvalue weighted by Gasteiger charge is -2.23. The van der Waals surface area contributed by atoms with E-state index in [-0.39, 0.29) is 0 Å². The quantitative estimate of drug-likeness (QED) is 0.724. The summed E-state index contributed by atoms with van der Waals surface area (Å²) in [5, 5.41) is 15.3. The number of halogens is 1. The van der Waals surface area contributed by atoms with Crippen molar-refractivity contribution < 1.29 is 9.64 Å². The van der Waals surface area contributed by atoms with Crippen molar-refractivity contribution >= 4 is 28.2 Å². The number of fused-ring (bicyclic) bond motifs is 1. The maximum atomic E-state index is 6.01. The van der Waals surface area contributed by atoms with E-state index < -0.39 is 0 Å². The van der Waals surface area contributed by atoms with Crippen molar-refractivity contribution in [2.45, 2.75) is 0 Å². The summed E-state index contributed by atoms with van der Waals surface area (Å²) in [5.41, 5.74) is 1.89. The van der Waals surface area contributed by atoms with Gasteiger partial charge in [0.15, 0.2) is 5.82 Å². The SMILES string of the molecule is Clc1ccc(-c2nnc(NCC[NH+]3CCOCC3)c3ccccc23)cc1. The average molecular weight is 370 g/mol. The summed E-state index contributed by atoms with van der Waals surface area (Å²) in [5.74, 6) is 0.839. The predicted molar refractivity (Wildman–Crippen MR) is 105 cm³/mol. The molecule has 0 radical (unpaired) electrons. The lowest BCUT2D eigenvalue weighted by molar-refractivity contribution is -0.906. The zero-order valence-corrected chi connectivity index (χ0v) is 15.3. The number of rotatable bonds is 5. The van der Waals surface area contributed by atoms with Gasteiger partial charge in [0, 0.05) is 21.4 Å². The number of hydrogen-bond acceptors (Lipinski definition) is 4. The van der Waals surface area contributed by atoms with Crippen molar-refractivity contribution in [2.24, 2.45) is 0 Å². The van der Waals surface area contributed by atoms with Gasteiger partial charge in [-0.25, -0.2) is 0 Å². The predicted octanol–water partition coefficient (Wildman–Crippen LogP) is 2.28. The molecule has 4 rings (SSSR count). The summed E-state index contributed by atoms with van der Waals surface area (Å²) in [6, 6.07) is 16.0. The van der Waals surface area contributed by atoms with Crippen molar-refractivity contribution in [3.8, 4) is 11.3 Å². The van der Waals surface area contributed by atoms with E-state index in [2.05, 4.69) is 27.6 Å². The molecule has 0 unspecified atom stereocenters. The summed E-state index contributed by atoms with van der Waals surface area (Å²) in [6.07, 6.45) is 0. The van der Waals surface area contributed by atoms with Crippen LogP contribution in [-0.2, 0) is 4.74 Å². The Bertz CT molecular complexity index is 879. The average Bonchev–Trinajstić information content (AvgIpc) is 2.70. The third-order valence-corrected chi connectivity index (χ3v) is 5.03. The highest BCUT2D eigenvalue weighted by atomic mass is 35.5. The Morgan fingerprint density at radius 1 is 0.962 bits per heavy atom. The normalized spacial score (nSPS) is 15.3. The van der Waals surface area contributed by atoms with Crippen LogP contribution >= 0.6 is 11.6 Å². The highest BCUT2D eigenvalue weighted by molar-refractivity contribution is 6.30. The molecule has 1 aromatic heterocycles. The van der Waals surface area contributed by atoms with Gasteiger partial charge in [-0.15, -0.1) is 10.2 Å². The van der Waals surface area contributed by atoms with Crippen LogP contribution in [0.4, 0.5) is 5.82 Å². The molecule has 0 saturated carbocycles. The minimum absolute atomic E-state index is 0.718. The fraction of sp³-hybridized carbons (Fsp3) is 0.300. The summed E-state index contributed by atoms with van der Waals surface area (Å²) in [4.78, 5) is 1.57. The van der Waals surface area contributed by atoms with E-state index in [9.17, 15) is 0 Å². The van der Waals surface area contributed by atoms with E-state index in [0.29, 0.717) is 0 Å². The molecule has 1 fully saturated rings. The monoisotopic (exact) mass is 369 g/mol. The number of nitrogens with zero attached hydrogens (tertiary/aromatic N) is 2. The number of aromatic nitrogens is 2. The highest BCUT2D eigenvalue weighted by Crippen LogP contribution is 2.30. The van der Waals surface area contributed by atoms with Gasteiger partial charge in [0.1, 0.15) is 18.8 Å². The Morgan fingerprint density at radius 2 is 1.69 bits per heavy atom. The number of quaternary nitrogens is 1. The molecule has 3 aromatic rings. The molecule has 0 amide bonds. The van der Waals surface area contributed by atoms with E-state index >= 15 is 0 Å². The van der Waals surface area contributed by atoms with E-state index in [1.165, 1.54) is 0 Å². The van der Waals surface area contributed by atoms with Gasteiger partial charge in [0.2, 0.25) is 0 Å². The Morgan fingerprint density at radius 3 is 2.46 bits per heavy atom. The number of nitrogens with one attached hydrogen (secondary N) is 2. The first-order valence-electron chi connectivity index (χ1n) is 8.98. The molecule has 1 saturated heterocycles. The van der Waals surface area contributed by atoms with Gasteiger partial charge in [0.25, 0.3) is 0 Å². The fourth-order valence-electron chi connectivity index (χ4n) is 3.32. The molecule has 134 valence electrons. The molecule has 2 aromatic carbocycles. The first-order chi connectivity index (χ1) is 12.8. The molecule has 2 heterocycles. The van der Waals surface area contributed by atoms with Crippen LogP contribution in [0.25, 0.3) is 22.0 Å². The first-order valence-corrected chi connectivity index (χ1v) is 9.35. The topological polar surface area (TPSA) is 51.5 Å². The van der Waals surface area contributed by atoms with Crippen LogP contribution in [-0.4, -0.2) is 49.6 Å². The summed E-state index contributed by atoms with van der Waals surface area (Å²) < 4.78 is 5.41. The number of anilines is 1. The summed E-state index contributed by atoms with van der Waals surface area (Å²) >= 11 is 6.01. The molecule has 2 N–H and O–H groups in total. The van der Waals surface area contributed by atoms with Gasteiger partial charge < -0.3 is 15.0 Å². The summed E-state index contributed by atoms with van der Waals surface area (Å²) in [6.45, 7) is 5.78. The Hall–Kier alpha value is -2.21. The molecular weight excluding hydrogens is 348 g/mol. The molecule has 0 atom stereocenters. The Labute approximate surface area is 157 Å². The highest BCUT2D eigenvalue weighted by Gasteiger charge is 2.14. The van der Waals surface area contributed by atoms with Crippen LogP contribution < -0.4 is 10.2 Å². The maximum absolute atomic E-state index is 6.01. The minimum Gasteiger partial charge on any atom is -0.370 e. The number of benzene rings is 2. The van der Waals surface area contributed by atoms with E-state index in [1.54, 1.807) is 4.90 Å². The van der Waals surface area contributed by atoms with Crippen molar-refractivity contribution in [3.63, 3.8) is 0 Å². The van der Waals surface area contributed by atoms with Gasteiger partial charge in [-0.05, 0) is 12.1 Å². The summed E-state index contributed by atoms with van der Waals surface area (Å²) in [7, 11) is 0. The molecule has 5 nitrogen and oxygen atoms in total. The number of ether oxygens (including phenoxy) is 1. The first kappa shape index (κ1) is 17.2. The van der Waals surface area contributed by atoms with Crippen LogP contribution in [0.15, 0.2) is 48.5 Å². The standard InChI is InChI=1S/C20H21ClN4O/c21-16-7-5-15(6-8-16)19-17-3-1-2-4-18(17)20(24-23-19)22-9-10-25-11-13-26-14-12-25/h1-8H,9-14H2,(H,22,24)/p+1. The molecular formula is C20H22ClN4O+. The van der Waals surface area contributed by atoms with Gasteiger partial charge >= 0.3 is 0 Å². The van der Waals surface area contributed by atoms with Crippen LogP contribution in [0.5, 0.6) is 0 Å². The second kappa shape index (κ2) is 7.99. The van der Waals surface area contributed by atoms with Crippen molar-refractivity contribution in [2.75, 3.05) is 44.7 Å². The van der Waals surface area contributed by atoms with Crippen LogP contribution in [0.2, 0.25) is 5.02 Å². The largest absolute Gasteiger partial charge is 0.370 e. The Kier molecular flexibility index (Phi) is 5.29. The van der Waals surface area contributed by atoms with Crippen LogP contribution in [0, 0.1) is 0 Å². The molecule has 26 heavy (non-hydrogen) atoms. The van der Waals surface area contributed by atoms with Crippen molar-refractivity contribution in [1.29, 1.82) is 0 Å². The molecule has 6 heteroatoms. The van der Waals surface area contributed by atoms with Gasteiger partial charge in [0.05, 0.1) is 26.3 Å². The Balaban J connectivity index is 1.56. The van der Waals surface area contributed by atoms with Gasteiger partial charge in [-0.1, -0.05) is 48.0 Å². The minimum atomic E-state index is 0.718. The van der Waals surface area contributed by atoms with Crippen LogP contribution in [0.1, 0.15) is 0 Å². The fourth-order valence-corrected chi connectivity index (χ4v) is 3.45. The van der Waals surface area contributed by atoms with Gasteiger partial charge in [-0.2, -0.15) is 0 Å². The van der Waals surface area contributed by atoms with Crippen molar-refractivity contribution in [1.82, 2.24) is 10.2 Å².